The maximum absolute atomic E-state index is 6.14. The number of piperidine rings is 1. The molecule has 3 atom stereocenters. The Morgan fingerprint density at radius 2 is 2.00 bits per heavy atom. The number of likely N-dealkylation sites (tertiary alicyclic amines) is 1. The second-order valence-corrected chi connectivity index (χ2v) is 7.28. The summed E-state index contributed by atoms with van der Waals surface area (Å²) >= 11 is 6.10. The zero-order chi connectivity index (χ0) is 14.8. The lowest BCUT2D eigenvalue weighted by Gasteiger charge is -2.44. The SMILES string of the molecule is Cc1cc(Cl)ccc1C(CN)N1CCC2CCCCC2C1. The summed E-state index contributed by atoms with van der Waals surface area (Å²) < 4.78 is 0. The predicted molar refractivity (Wildman–Crippen MR) is 89.6 cm³/mol. The van der Waals surface area contributed by atoms with Crippen molar-refractivity contribution in [3.05, 3.63) is 34.3 Å². The molecule has 2 aliphatic rings. The molecule has 2 N–H and O–H groups in total. The molecular weight excluding hydrogens is 280 g/mol. The summed E-state index contributed by atoms with van der Waals surface area (Å²) in [7, 11) is 0. The maximum atomic E-state index is 6.14. The smallest absolute Gasteiger partial charge is 0.0473 e. The van der Waals surface area contributed by atoms with Crippen LogP contribution in [-0.4, -0.2) is 24.5 Å². The fraction of sp³-hybridized carbons (Fsp3) is 0.667. The van der Waals surface area contributed by atoms with Gasteiger partial charge < -0.3 is 5.73 Å². The maximum Gasteiger partial charge on any atom is 0.0473 e. The van der Waals surface area contributed by atoms with E-state index in [1.54, 1.807) is 0 Å². The predicted octanol–water partition coefficient (Wildman–Crippen LogP) is 4.16. The van der Waals surface area contributed by atoms with Crippen molar-refractivity contribution in [2.45, 2.75) is 45.1 Å². The van der Waals surface area contributed by atoms with Gasteiger partial charge in [0.05, 0.1) is 0 Å². The highest BCUT2D eigenvalue weighted by atomic mass is 35.5. The molecule has 1 aromatic rings. The van der Waals surface area contributed by atoms with Gasteiger partial charge in [0.2, 0.25) is 0 Å². The molecule has 1 heterocycles. The highest BCUT2D eigenvalue weighted by molar-refractivity contribution is 6.30. The van der Waals surface area contributed by atoms with Crippen LogP contribution >= 0.6 is 11.6 Å². The molecule has 116 valence electrons. The number of rotatable bonds is 3. The molecule has 3 unspecified atom stereocenters. The minimum atomic E-state index is 0.352. The molecule has 0 aromatic heterocycles. The molecule has 1 aromatic carbocycles. The van der Waals surface area contributed by atoms with Gasteiger partial charge in [-0.3, -0.25) is 4.90 Å². The fourth-order valence-electron chi connectivity index (χ4n) is 4.40. The summed E-state index contributed by atoms with van der Waals surface area (Å²) in [6.07, 6.45) is 7.08. The Kier molecular flexibility index (Phi) is 4.88. The van der Waals surface area contributed by atoms with Gasteiger partial charge in [0.1, 0.15) is 0 Å². The van der Waals surface area contributed by atoms with Crippen molar-refractivity contribution in [2.75, 3.05) is 19.6 Å². The lowest BCUT2D eigenvalue weighted by molar-refractivity contribution is 0.0584. The van der Waals surface area contributed by atoms with Crippen LogP contribution in [0.4, 0.5) is 0 Å². The van der Waals surface area contributed by atoms with Gasteiger partial charge >= 0.3 is 0 Å². The third-order valence-corrected chi connectivity index (χ3v) is 5.81. The molecule has 3 rings (SSSR count). The van der Waals surface area contributed by atoms with E-state index >= 15 is 0 Å². The molecule has 1 saturated heterocycles. The Balaban J connectivity index is 1.77. The number of fused-ring (bicyclic) bond motifs is 1. The molecule has 1 saturated carbocycles. The molecular formula is C18H27ClN2. The summed E-state index contributed by atoms with van der Waals surface area (Å²) in [5, 5.41) is 0.818. The van der Waals surface area contributed by atoms with Crippen molar-refractivity contribution in [1.29, 1.82) is 0 Å². The highest BCUT2D eigenvalue weighted by Gasteiger charge is 2.34. The zero-order valence-corrected chi connectivity index (χ0v) is 13.8. The van der Waals surface area contributed by atoms with Gasteiger partial charge in [-0.25, -0.2) is 0 Å². The monoisotopic (exact) mass is 306 g/mol. The molecule has 21 heavy (non-hydrogen) atoms. The summed E-state index contributed by atoms with van der Waals surface area (Å²) in [5.41, 5.74) is 8.76. The number of aryl methyl sites for hydroxylation is 1. The van der Waals surface area contributed by atoms with Gasteiger partial charge in [0.25, 0.3) is 0 Å². The first kappa shape index (κ1) is 15.3. The van der Waals surface area contributed by atoms with Crippen molar-refractivity contribution in [1.82, 2.24) is 4.90 Å². The Bertz CT molecular complexity index is 488. The van der Waals surface area contributed by atoms with Gasteiger partial charge in [-0.15, -0.1) is 0 Å². The summed E-state index contributed by atoms with van der Waals surface area (Å²) in [6, 6.07) is 6.58. The summed E-state index contributed by atoms with van der Waals surface area (Å²) in [4.78, 5) is 2.63. The number of nitrogens with two attached hydrogens (primary N) is 1. The topological polar surface area (TPSA) is 29.3 Å². The molecule has 1 aliphatic carbocycles. The van der Waals surface area contributed by atoms with Gasteiger partial charge in [0, 0.05) is 24.2 Å². The minimum absolute atomic E-state index is 0.352. The molecule has 0 spiro atoms. The van der Waals surface area contributed by atoms with E-state index in [2.05, 4.69) is 24.0 Å². The lowest BCUT2D eigenvalue weighted by atomic mass is 9.74. The number of hydrogen-bond donors (Lipinski definition) is 1. The highest BCUT2D eigenvalue weighted by Crippen LogP contribution is 2.38. The summed E-state index contributed by atoms with van der Waals surface area (Å²) in [5.74, 6) is 1.87. The van der Waals surface area contributed by atoms with E-state index in [1.165, 1.54) is 56.3 Å². The normalized spacial score (nSPS) is 28.1. The third kappa shape index (κ3) is 3.28. The second-order valence-electron chi connectivity index (χ2n) is 6.84. The number of nitrogens with zero attached hydrogens (tertiary/aromatic N) is 1. The Labute approximate surface area is 133 Å². The Morgan fingerprint density at radius 1 is 1.24 bits per heavy atom. The Morgan fingerprint density at radius 3 is 2.71 bits per heavy atom. The van der Waals surface area contributed by atoms with Crippen LogP contribution in [0.25, 0.3) is 0 Å². The van der Waals surface area contributed by atoms with Crippen molar-refractivity contribution in [2.24, 2.45) is 17.6 Å². The van der Waals surface area contributed by atoms with Crippen LogP contribution in [0.15, 0.2) is 18.2 Å². The molecule has 0 radical (unpaired) electrons. The van der Waals surface area contributed by atoms with Gasteiger partial charge in [-0.2, -0.15) is 0 Å². The van der Waals surface area contributed by atoms with Gasteiger partial charge in [0.15, 0.2) is 0 Å². The number of benzene rings is 1. The lowest BCUT2D eigenvalue weighted by Crippen LogP contribution is -2.45. The van der Waals surface area contributed by atoms with Crippen LogP contribution < -0.4 is 5.73 Å². The first-order valence-electron chi connectivity index (χ1n) is 8.39. The first-order valence-corrected chi connectivity index (χ1v) is 8.77. The van der Waals surface area contributed by atoms with E-state index < -0.39 is 0 Å². The first-order chi connectivity index (χ1) is 10.2. The van der Waals surface area contributed by atoms with Crippen molar-refractivity contribution < 1.29 is 0 Å². The Hall–Kier alpha value is -0.570. The standard InChI is InChI=1S/C18H27ClN2/c1-13-10-16(19)6-7-17(13)18(11-20)21-9-8-14-4-2-3-5-15(14)12-21/h6-7,10,14-15,18H,2-5,8-9,11-12,20H2,1H3. The number of halogens is 1. The zero-order valence-electron chi connectivity index (χ0n) is 13.0. The second kappa shape index (κ2) is 6.68. The third-order valence-electron chi connectivity index (χ3n) is 5.58. The molecule has 2 nitrogen and oxygen atoms in total. The quantitative estimate of drug-likeness (QED) is 0.908. The van der Waals surface area contributed by atoms with Gasteiger partial charge in [-0.05, 0) is 61.4 Å². The summed E-state index contributed by atoms with van der Waals surface area (Å²) in [6.45, 7) is 5.27. The molecule has 0 amide bonds. The molecule has 3 heteroatoms. The van der Waals surface area contributed by atoms with Crippen molar-refractivity contribution in [3.63, 3.8) is 0 Å². The average Bonchev–Trinajstić information content (AvgIpc) is 2.50. The van der Waals surface area contributed by atoms with Gasteiger partial charge in [-0.1, -0.05) is 36.9 Å². The average molecular weight is 307 g/mol. The van der Waals surface area contributed by atoms with Crippen LogP contribution in [-0.2, 0) is 0 Å². The largest absolute Gasteiger partial charge is 0.329 e. The minimum Gasteiger partial charge on any atom is -0.329 e. The van der Waals surface area contributed by atoms with Crippen LogP contribution in [0, 0.1) is 18.8 Å². The van der Waals surface area contributed by atoms with E-state index in [-0.39, 0.29) is 0 Å². The van der Waals surface area contributed by atoms with Crippen molar-refractivity contribution in [3.8, 4) is 0 Å². The molecule has 2 fully saturated rings. The van der Waals surface area contributed by atoms with E-state index in [9.17, 15) is 0 Å². The molecule has 0 bridgehead atoms. The van der Waals surface area contributed by atoms with Crippen LogP contribution in [0.5, 0.6) is 0 Å². The van der Waals surface area contributed by atoms with Crippen LogP contribution in [0.2, 0.25) is 5.02 Å². The van der Waals surface area contributed by atoms with Crippen LogP contribution in [0.1, 0.15) is 49.3 Å². The molecule has 1 aliphatic heterocycles. The van der Waals surface area contributed by atoms with Crippen LogP contribution in [0.3, 0.4) is 0 Å². The number of hydrogen-bond acceptors (Lipinski definition) is 2. The van der Waals surface area contributed by atoms with E-state index in [0.717, 1.165) is 16.9 Å². The van der Waals surface area contributed by atoms with E-state index in [4.69, 9.17) is 17.3 Å². The fourth-order valence-corrected chi connectivity index (χ4v) is 4.62. The van der Waals surface area contributed by atoms with E-state index in [0.29, 0.717) is 12.6 Å². The van der Waals surface area contributed by atoms with E-state index in [1.807, 2.05) is 6.07 Å². The van der Waals surface area contributed by atoms with Crippen molar-refractivity contribution >= 4 is 11.6 Å².